The lowest BCUT2D eigenvalue weighted by Crippen LogP contribution is -2.08. The normalized spacial score (nSPS) is 11.0. The Bertz CT molecular complexity index is 757. The van der Waals surface area contributed by atoms with E-state index < -0.39 is 5.97 Å². The summed E-state index contributed by atoms with van der Waals surface area (Å²) in [7, 11) is 0. The van der Waals surface area contributed by atoms with Crippen LogP contribution in [0.5, 0.6) is 0 Å². The van der Waals surface area contributed by atoms with Crippen LogP contribution in [-0.2, 0) is 11.3 Å². The van der Waals surface area contributed by atoms with E-state index in [0.29, 0.717) is 5.82 Å². The molecule has 2 N–H and O–H groups in total. The van der Waals surface area contributed by atoms with Gasteiger partial charge < -0.3 is 10.1 Å². The third kappa shape index (κ3) is 1.97. The van der Waals surface area contributed by atoms with Crippen LogP contribution in [-0.4, -0.2) is 30.8 Å². The number of nitrogens with zero attached hydrogens (tertiary/aromatic N) is 3. The van der Waals surface area contributed by atoms with Crippen LogP contribution < -0.4 is 0 Å². The van der Waals surface area contributed by atoms with E-state index in [0.717, 1.165) is 22.0 Å². The molecule has 3 rings (SSSR count). The smallest absolute Gasteiger partial charge is 0.325 e. The number of aryl methyl sites for hydroxylation is 1. The highest BCUT2D eigenvalue weighted by Gasteiger charge is 2.12. The van der Waals surface area contributed by atoms with Crippen molar-refractivity contribution in [3.05, 3.63) is 36.3 Å². The van der Waals surface area contributed by atoms with Crippen molar-refractivity contribution >= 4 is 16.9 Å². The first-order chi connectivity index (χ1) is 9.15. The van der Waals surface area contributed by atoms with Gasteiger partial charge in [-0.25, -0.2) is 9.67 Å². The number of hydrogen-bond acceptors (Lipinski definition) is 3. The number of aromatic nitrogens is 4. The van der Waals surface area contributed by atoms with Crippen molar-refractivity contribution in [2.45, 2.75) is 13.5 Å². The minimum atomic E-state index is -0.939. The van der Waals surface area contributed by atoms with Crippen LogP contribution in [0.3, 0.4) is 0 Å². The predicted octanol–water partition coefficient (Wildman–Crippen LogP) is 1.82. The van der Waals surface area contributed by atoms with E-state index in [1.54, 1.807) is 0 Å². The van der Waals surface area contributed by atoms with E-state index in [1.165, 1.54) is 11.0 Å². The summed E-state index contributed by atoms with van der Waals surface area (Å²) in [5.74, 6) is -0.413. The molecule has 0 unspecified atom stereocenters. The zero-order valence-electron chi connectivity index (χ0n) is 10.3. The summed E-state index contributed by atoms with van der Waals surface area (Å²) in [5, 5.41) is 13.9. The SMILES string of the molecule is Cc1cccc2c(-c3ncn(CC(=O)O)n3)c[nH]c12. The second kappa shape index (κ2) is 4.24. The van der Waals surface area contributed by atoms with Crippen LogP contribution in [0.1, 0.15) is 5.56 Å². The number of H-pyrrole nitrogens is 1. The molecule has 3 aromatic rings. The topological polar surface area (TPSA) is 83.8 Å². The molecule has 0 aliphatic rings. The Morgan fingerprint density at radius 1 is 1.47 bits per heavy atom. The Morgan fingerprint density at radius 3 is 3.11 bits per heavy atom. The highest BCUT2D eigenvalue weighted by molar-refractivity contribution is 5.95. The summed E-state index contributed by atoms with van der Waals surface area (Å²) in [6, 6.07) is 5.99. The largest absolute Gasteiger partial charge is 0.480 e. The predicted molar refractivity (Wildman–Crippen MR) is 69.7 cm³/mol. The van der Waals surface area contributed by atoms with Crippen LogP contribution in [0, 0.1) is 6.92 Å². The van der Waals surface area contributed by atoms with Crippen molar-refractivity contribution in [1.82, 2.24) is 19.7 Å². The molecule has 0 fully saturated rings. The minimum absolute atomic E-state index is 0.186. The highest BCUT2D eigenvalue weighted by Crippen LogP contribution is 2.27. The number of nitrogens with one attached hydrogen (secondary N) is 1. The quantitative estimate of drug-likeness (QED) is 0.748. The molecule has 96 valence electrons. The van der Waals surface area contributed by atoms with Crippen LogP contribution >= 0.6 is 0 Å². The molecule has 6 nitrogen and oxygen atoms in total. The molecule has 19 heavy (non-hydrogen) atoms. The number of carbonyl (C=O) groups is 1. The molecule has 0 atom stereocenters. The Balaban J connectivity index is 2.07. The number of carboxylic acids is 1. The lowest BCUT2D eigenvalue weighted by Gasteiger charge is -1.96. The first-order valence-corrected chi connectivity index (χ1v) is 5.83. The average molecular weight is 256 g/mol. The van der Waals surface area contributed by atoms with Gasteiger partial charge in [-0.05, 0) is 12.5 Å². The maximum atomic E-state index is 10.6. The van der Waals surface area contributed by atoms with Gasteiger partial charge >= 0.3 is 5.97 Å². The number of benzene rings is 1. The van der Waals surface area contributed by atoms with E-state index >= 15 is 0 Å². The molecule has 1 aromatic carbocycles. The molecule has 0 spiro atoms. The number of fused-ring (bicyclic) bond motifs is 1. The minimum Gasteiger partial charge on any atom is -0.480 e. The van der Waals surface area contributed by atoms with Crippen molar-refractivity contribution < 1.29 is 9.90 Å². The zero-order chi connectivity index (χ0) is 13.4. The monoisotopic (exact) mass is 256 g/mol. The van der Waals surface area contributed by atoms with Crippen LogP contribution in [0.2, 0.25) is 0 Å². The van der Waals surface area contributed by atoms with Gasteiger partial charge in [0.1, 0.15) is 12.9 Å². The molecular weight excluding hydrogens is 244 g/mol. The fraction of sp³-hybridized carbons (Fsp3) is 0.154. The summed E-state index contributed by atoms with van der Waals surface area (Å²) in [4.78, 5) is 18.0. The third-order valence-electron chi connectivity index (χ3n) is 3.00. The van der Waals surface area contributed by atoms with E-state index in [1.807, 2.05) is 31.3 Å². The molecule has 0 aliphatic carbocycles. The molecule has 0 amide bonds. The molecule has 0 saturated heterocycles. The lowest BCUT2D eigenvalue weighted by atomic mass is 10.1. The summed E-state index contributed by atoms with van der Waals surface area (Å²) in [5.41, 5.74) is 3.07. The number of para-hydroxylation sites is 1. The molecule has 0 aliphatic heterocycles. The van der Waals surface area contributed by atoms with Gasteiger partial charge in [0.15, 0.2) is 5.82 Å². The van der Waals surface area contributed by atoms with Crippen molar-refractivity contribution in [3.63, 3.8) is 0 Å². The second-order valence-corrected chi connectivity index (χ2v) is 4.36. The van der Waals surface area contributed by atoms with Crippen molar-refractivity contribution in [1.29, 1.82) is 0 Å². The zero-order valence-corrected chi connectivity index (χ0v) is 10.3. The van der Waals surface area contributed by atoms with Gasteiger partial charge in [0, 0.05) is 22.7 Å². The summed E-state index contributed by atoms with van der Waals surface area (Å²) in [6.07, 6.45) is 3.27. The fourth-order valence-corrected chi connectivity index (χ4v) is 2.12. The van der Waals surface area contributed by atoms with Gasteiger partial charge in [0.25, 0.3) is 0 Å². The Labute approximate surface area is 108 Å². The van der Waals surface area contributed by atoms with E-state index in [-0.39, 0.29) is 6.54 Å². The number of aromatic amines is 1. The van der Waals surface area contributed by atoms with Gasteiger partial charge in [0.05, 0.1) is 0 Å². The van der Waals surface area contributed by atoms with Crippen LogP contribution in [0.4, 0.5) is 0 Å². The second-order valence-electron chi connectivity index (χ2n) is 4.36. The molecular formula is C13H12N4O2. The molecule has 0 saturated carbocycles. The molecule has 0 bridgehead atoms. The summed E-state index contributed by atoms with van der Waals surface area (Å²) in [6.45, 7) is 1.84. The van der Waals surface area contributed by atoms with Crippen molar-refractivity contribution in [2.24, 2.45) is 0 Å². The summed E-state index contributed by atoms with van der Waals surface area (Å²) >= 11 is 0. The Hall–Kier alpha value is -2.63. The highest BCUT2D eigenvalue weighted by atomic mass is 16.4. The van der Waals surface area contributed by atoms with Crippen LogP contribution in [0.25, 0.3) is 22.3 Å². The van der Waals surface area contributed by atoms with Gasteiger partial charge in [-0.2, -0.15) is 5.10 Å². The molecule has 0 radical (unpaired) electrons. The maximum absolute atomic E-state index is 10.6. The molecule has 2 aromatic heterocycles. The number of rotatable bonds is 3. The van der Waals surface area contributed by atoms with Crippen molar-refractivity contribution in [2.75, 3.05) is 0 Å². The summed E-state index contributed by atoms with van der Waals surface area (Å²) < 4.78 is 1.31. The standard InChI is InChI=1S/C13H12N4O2/c1-8-3-2-4-9-10(5-14-12(8)9)13-15-7-17(16-13)6-11(18)19/h2-5,7,14H,6H2,1H3,(H,18,19). The van der Waals surface area contributed by atoms with E-state index in [2.05, 4.69) is 15.1 Å². The number of carboxylic acid groups (broad SMARTS) is 1. The van der Waals surface area contributed by atoms with Gasteiger partial charge in [0.2, 0.25) is 0 Å². The molecule has 6 heteroatoms. The molecule has 2 heterocycles. The maximum Gasteiger partial charge on any atom is 0.325 e. The fourth-order valence-electron chi connectivity index (χ4n) is 2.12. The van der Waals surface area contributed by atoms with E-state index in [9.17, 15) is 4.79 Å². The van der Waals surface area contributed by atoms with Gasteiger partial charge in [-0.3, -0.25) is 4.79 Å². The Morgan fingerprint density at radius 2 is 2.32 bits per heavy atom. The number of hydrogen-bond donors (Lipinski definition) is 2. The Kier molecular flexibility index (Phi) is 2.56. The number of aliphatic carboxylic acids is 1. The third-order valence-corrected chi connectivity index (χ3v) is 3.00. The van der Waals surface area contributed by atoms with Crippen LogP contribution in [0.15, 0.2) is 30.7 Å². The van der Waals surface area contributed by atoms with E-state index in [4.69, 9.17) is 5.11 Å². The van der Waals surface area contributed by atoms with Crippen molar-refractivity contribution in [3.8, 4) is 11.4 Å². The van der Waals surface area contributed by atoms with Gasteiger partial charge in [-0.15, -0.1) is 0 Å². The average Bonchev–Trinajstić information content (AvgIpc) is 2.95. The first kappa shape index (κ1) is 11.5. The first-order valence-electron chi connectivity index (χ1n) is 5.83. The van der Waals surface area contributed by atoms with Gasteiger partial charge in [-0.1, -0.05) is 18.2 Å². The lowest BCUT2D eigenvalue weighted by molar-refractivity contribution is -0.137.